The number of anilines is 2. The Morgan fingerprint density at radius 3 is 2.50 bits per heavy atom. The number of piperidine rings is 1. The van der Waals surface area contributed by atoms with E-state index < -0.39 is 28.4 Å². The zero-order valence-electron chi connectivity index (χ0n) is 15.6. The molecule has 1 aliphatic heterocycles. The van der Waals surface area contributed by atoms with Crippen LogP contribution in [0.15, 0.2) is 42.5 Å². The molecule has 28 heavy (non-hydrogen) atoms. The Morgan fingerprint density at radius 1 is 1.18 bits per heavy atom. The van der Waals surface area contributed by atoms with Crippen molar-refractivity contribution in [3.05, 3.63) is 58.4 Å². The van der Waals surface area contributed by atoms with Crippen molar-refractivity contribution in [1.82, 2.24) is 0 Å². The summed E-state index contributed by atoms with van der Waals surface area (Å²) in [5.74, 6) is -1.45. The van der Waals surface area contributed by atoms with Crippen molar-refractivity contribution < 1.29 is 18.8 Å². The first-order valence-corrected chi connectivity index (χ1v) is 9.20. The minimum absolute atomic E-state index is 0.284. The molecule has 1 fully saturated rings. The lowest BCUT2D eigenvalue weighted by atomic mass is 10.1. The Bertz CT molecular complexity index is 851. The van der Waals surface area contributed by atoms with E-state index in [1.807, 2.05) is 12.1 Å². The fraction of sp³-hybridized carbons (Fsp3) is 0.350. The molecule has 1 saturated heterocycles. The average molecular weight is 387 g/mol. The third kappa shape index (κ3) is 4.76. The highest BCUT2D eigenvalue weighted by Gasteiger charge is 2.22. The number of ether oxygens (including phenoxy) is 1. The Labute approximate surface area is 162 Å². The van der Waals surface area contributed by atoms with Gasteiger partial charge in [0.05, 0.1) is 4.92 Å². The summed E-state index contributed by atoms with van der Waals surface area (Å²) >= 11 is 0. The highest BCUT2D eigenvalue weighted by atomic mass is 19.1. The van der Waals surface area contributed by atoms with Crippen LogP contribution in [0.2, 0.25) is 0 Å². The third-order valence-electron chi connectivity index (χ3n) is 4.65. The van der Waals surface area contributed by atoms with Gasteiger partial charge >= 0.3 is 5.69 Å². The summed E-state index contributed by atoms with van der Waals surface area (Å²) < 4.78 is 18.7. The predicted octanol–water partition coefficient (Wildman–Crippen LogP) is 4.13. The number of amides is 1. The third-order valence-corrected chi connectivity index (χ3v) is 4.65. The van der Waals surface area contributed by atoms with E-state index in [9.17, 15) is 19.3 Å². The summed E-state index contributed by atoms with van der Waals surface area (Å²) in [7, 11) is 0. The van der Waals surface area contributed by atoms with Crippen LogP contribution in [0.3, 0.4) is 0 Å². The van der Waals surface area contributed by atoms with Gasteiger partial charge in [0.1, 0.15) is 5.82 Å². The van der Waals surface area contributed by atoms with Crippen LogP contribution in [-0.4, -0.2) is 30.0 Å². The van der Waals surface area contributed by atoms with Crippen molar-refractivity contribution in [2.75, 3.05) is 23.3 Å². The molecule has 1 unspecified atom stereocenters. The van der Waals surface area contributed by atoms with Crippen molar-refractivity contribution in [2.45, 2.75) is 32.3 Å². The van der Waals surface area contributed by atoms with E-state index in [0.717, 1.165) is 37.0 Å². The normalized spacial score (nSPS) is 15.0. The van der Waals surface area contributed by atoms with E-state index in [0.29, 0.717) is 5.69 Å². The molecule has 2 aromatic carbocycles. The van der Waals surface area contributed by atoms with Crippen LogP contribution in [0.5, 0.6) is 5.75 Å². The number of carbonyl (C=O) groups excluding carboxylic acids is 1. The zero-order chi connectivity index (χ0) is 20.1. The molecule has 3 rings (SSSR count). The summed E-state index contributed by atoms with van der Waals surface area (Å²) in [6.07, 6.45) is 2.58. The van der Waals surface area contributed by atoms with Crippen molar-refractivity contribution in [2.24, 2.45) is 0 Å². The summed E-state index contributed by atoms with van der Waals surface area (Å²) in [6, 6.07) is 10.4. The number of nitrogens with one attached hydrogen (secondary N) is 1. The molecular formula is C20H22FN3O4. The number of carbonyl (C=O) groups is 1. The Morgan fingerprint density at radius 2 is 1.86 bits per heavy atom. The Kier molecular flexibility index (Phi) is 6.08. The zero-order valence-corrected chi connectivity index (χ0v) is 15.6. The molecule has 8 heteroatoms. The van der Waals surface area contributed by atoms with Crippen molar-refractivity contribution in [3.8, 4) is 5.75 Å². The van der Waals surface area contributed by atoms with Gasteiger partial charge in [0.15, 0.2) is 6.10 Å². The van der Waals surface area contributed by atoms with Gasteiger partial charge in [-0.2, -0.15) is 0 Å². The number of nitro benzene ring substituents is 1. The number of nitro groups is 1. The standard InChI is InChI=1S/C20H22FN3O4/c1-14(28-19-13-15(21)5-10-18(19)24(26)27)20(25)22-16-6-8-17(9-7-16)23-11-3-2-4-12-23/h5-10,13-14H,2-4,11-12H2,1H3,(H,22,25). The van der Waals surface area contributed by atoms with Crippen molar-refractivity contribution >= 4 is 23.0 Å². The van der Waals surface area contributed by atoms with E-state index in [1.165, 1.54) is 26.2 Å². The van der Waals surface area contributed by atoms with E-state index in [2.05, 4.69) is 10.2 Å². The Hall–Kier alpha value is -3.16. The maximum atomic E-state index is 13.4. The largest absolute Gasteiger partial charge is 0.474 e. The first-order valence-electron chi connectivity index (χ1n) is 9.20. The fourth-order valence-electron chi connectivity index (χ4n) is 3.13. The van der Waals surface area contributed by atoms with E-state index in [1.54, 1.807) is 12.1 Å². The molecule has 7 nitrogen and oxygen atoms in total. The van der Waals surface area contributed by atoms with E-state index >= 15 is 0 Å². The van der Waals surface area contributed by atoms with Gasteiger partial charge in [-0.15, -0.1) is 0 Å². The average Bonchev–Trinajstić information content (AvgIpc) is 2.69. The maximum Gasteiger partial charge on any atom is 0.311 e. The molecule has 1 aliphatic rings. The number of hydrogen-bond acceptors (Lipinski definition) is 5. The quantitative estimate of drug-likeness (QED) is 0.595. The van der Waals surface area contributed by atoms with Gasteiger partial charge in [-0.1, -0.05) is 0 Å². The van der Waals surface area contributed by atoms with Crippen LogP contribution >= 0.6 is 0 Å². The second-order valence-corrected chi connectivity index (χ2v) is 6.71. The molecular weight excluding hydrogens is 365 g/mol. The summed E-state index contributed by atoms with van der Waals surface area (Å²) in [5.41, 5.74) is 1.30. The van der Waals surface area contributed by atoms with Crippen LogP contribution in [-0.2, 0) is 4.79 Å². The summed E-state index contributed by atoms with van der Waals surface area (Å²) in [4.78, 5) is 25.0. The number of nitrogens with zero attached hydrogens (tertiary/aromatic N) is 2. The smallest absolute Gasteiger partial charge is 0.311 e. The summed E-state index contributed by atoms with van der Waals surface area (Å²) in [5, 5.41) is 13.7. The van der Waals surface area contributed by atoms with Gasteiger partial charge in [0, 0.05) is 36.6 Å². The lowest BCUT2D eigenvalue weighted by Crippen LogP contribution is -2.30. The summed E-state index contributed by atoms with van der Waals surface area (Å²) in [6.45, 7) is 3.51. The van der Waals surface area contributed by atoms with Gasteiger partial charge in [0.2, 0.25) is 5.75 Å². The van der Waals surface area contributed by atoms with Crippen LogP contribution < -0.4 is 15.0 Å². The topological polar surface area (TPSA) is 84.7 Å². The highest BCUT2D eigenvalue weighted by Crippen LogP contribution is 2.28. The molecule has 148 valence electrons. The Balaban J connectivity index is 1.63. The lowest BCUT2D eigenvalue weighted by Gasteiger charge is -2.28. The number of rotatable bonds is 6. The number of benzene rings is 2. The second-order valence-electron chi connectivity index (χ2n) is 6.71. The molecule has 0 aromatic heterocycles. The molecule has 0 aliphatic carbocycles. The first kappa shape index (κ1) is 19.6. The molecule has 0 radical (unpaired) electrons. The molecule has 1 amide bonds. The molecule has 0 saturated carbocycles. The molecule has 1 N–H and O–H groups in total. The highest BCUT2D eigenvalue weighted by molar-refractivity contribution is 5.94. The number of halogens is 1. The second kappa shape index (κ2) is 8.69. The van der Waals surface area contributed by atoms with Crippen LogP contribution in [0.25, 0.3) is 0 Å². The SMILES string of the molecule is CC(Oc1cc(F)ccc1[N+](=O)[O-])C(=O)Nc1ccc(N2CCCCC2)cc1. The lowest BCUT2D eigenvalue weighted by molar-refractivity contribution is -0.386. The monoisotopic (exact) mass is 387 g/mol. The molecule has 1 heterocycles. The first-order chi connectivity index (χ1) is 13.4. The molecule has 0 bridgehead atoms. The van der Waals surface area contributed by atoms with Gasteiger partial charge < -0.3 is 15.0 Å². The van der Waals surface area contributed by atoms with Crippen LogP contribution in [0, 0.1) is 15.9 Å². The maximum absolute atomic E-state index is 13.4. The fourth-order valence-corrected chi connectivity index (χ4v) is 3.13. The van der Waals surface area contributed by atoms with Crippen molar-refractivity contribution in [1.29, 1.82) is 0 Å². The predicted molar refractivity (Wildman–Crippen MR) is 104 cm³/mol. The van der Waals surface area contributed by atoms with Gasteiger partial charge in [-0.05, 0) is 56.5 Å². The van der Waals surface area contributed by atoms with E-state index in [-0.39, 0.29) is 5.75 Å². The van der Waals surface area contributed by atoms with Crippen LogP contribution in [0.1, 0.15) is 26.2 Å². The molecule has 2 aromatic rings. The van der Waals surface area contributed by atoms with Gasteiger partial charge in [-0.25, -0.2) is 4.39 Å². The number of hydrogen-bond donors (Lipinski definition) is 1. The molecule has 0 spiro atoms. The van der Waals surface area contributed by atoms with Gasteiger partial charge in [0.25, 0.3) is 5.91 Å². The minimum atomic E-state index is -1.04. The molecule has 1 atom stereocenters. The van der Waals surface area contributed by atoms with Crippen molar-refractivity contribution in [3.63, 3.8) is 0 Å². The minimum Gasteiger partial charge on any atom is -0.474 e. The van der Waals surface area contributed by atoms with Crippen LogP contribution in [0.4, 0.5) is 21.5 Å². The van der Waals surface area contributed by atoms with E-state index in [4.69, 9.17) is 4.74 Å². The van der Waals surface area contributed by atoms with Gasteiger partial charge in [-0.3, -0.25) is 14.9 Å².